The molecule has 0 aliphatic heterocycles. The fourth-order valence-electron chi connectivity index (χ4n) is 2.96. The van der Waals surface area contributed by atoms with Crippen molar-refractivity contribution < 1.29 is 9.72 Å². The smallest absolute Gasteiger partial charge is 0.270 e. The van der Waals surface area contributed by atoms with Crippen molar-refractivity contribution in [1.29, 1.82) is 0 Å². The molecule has 2 aromatic carbocycles. The van der Waals surface area contributed by atoms with Crippen molar-refractivity contribution in [3.63, 3.8) is 0 Å². The third kappa shape index (κ3) is 3.35. The van der Waals surface area contributed by atoms with Gasteiger partial charge in [0.25, 0.3) is 5.69 Å². The van der Waals surface area contributed by atoms with E-state index in [-0.39, 0.29) is 5.69 Å². The first kappa shape index (κ1) is 17.4. The topological polar surface area (TPSA) is 68.4 Å². The molecule has 0 bridgehead atoms. The largest absolute Gasteiger partial charge is 0.383 e. The summed E-state index contributed by atoms with van der Waals surface area (Å²) in [4.78, 5) is 24.4. The van der Waals surface area contributed by atoms with Crippen molar-refractivity contribution >= 4 is 29.0 Å². The molecule has 132 valence electrons. The second-order valence-corrected chi connectivity index (χ2v) is 6.23. The van der Waals surface area contributed by atoms with Crippen LogP contribution in [0, 0.1) is 10.1 Å². The Balaban J connectivity index is 2.26. The van der Waals surface area contributed by atoms with Gasteiger partial charge in [-0.15, -0.1) is 0 Å². The van der Waals surface area contributed by atoms with Crippen LogP contribution in [0.15, 0.2) is 54.7 Å². The fraction of sp³-hybridized carbons (Fsp3) is 0.150. The Morgan fingerprint density at radius 3 is 2.50 bits per heavy atom. The van der Waals surface area contributed by atoms with Crippen molar-refractivity contribution in [2.24, 2.45) is 0 Å². The van der Waals surface area contributed by atoms with Crippen molar-refractivity contribution in [3.05, 3.63) is 81.7 Å². The normalized spacial score (nSPS) is 11.2. The van der Waals surface area contributed by atoms with E-state index in [0.717, 1.165) is 23.1 Å². The Morgan fingerprint density at radius 2 is 1.88 bits per heavy atom. The van der Waals surface area contributed by atoms with E-state index in [9.17, 15) is 14.9 Å². The van der Waals surface area contributed by atoms with Gasteiger partial charge >= 0.3 is 0 Å². The number of aromatic nitrogens is 1. The number of hydrogen-bond acceptors (Lipinski definition) is 4. The standard InChI is InChI=1S/C20H19N3O3/c1-21(2)11-10-20-18(14-24)17-12-16(23(25)26)8-9-19(17)22(20)13-15-6-4-3-5-7-15/h3-12,14H,13H2,1-2H3. The van der Waals surface area contributed by atoms with Gasteiger partial charge in [-0.2, -0.15) is 0 Å². The number of rotatable bonds is 6. The van der Waals surface area contributed by atoms with Crippen LogP contribution in [0.2, 0.25) is 0 Å². The zero-order chi connectivity index (χ0) is 18.7. The number of carbonyl (C=O) groups excluding carboxylic acids is 1. The number of nitro benzene ring substituents is 1. The second-order valence-electron chi connectivity index (χ2n) is 6.23. The van der Waals surface area contributed by atoms with Gasteiger partial charge in [0.2, 0.25) is 0 Å². The van der Waals surface area contributed by atoms with Gasteiger partial charge in [0.1, 0.15) is 0 Å². The average Bonchev–Trinajstić information content (AvgIpc) is 2.92. The van der Waals surface area contributed by atoms with Crippen molar-refractivity contribution in [3.8, 4) is 0 Å². The highest BCUT2D eigenvalue weighted by Gasteiger charge is 2.18. The SMILES string of the molecule is CN(C)C=Cc1c(C=O)c2cc([N+](=O)[O-])ccc2n1Cc1ccccc1. The number of fused-ring (bicyclic) bond motifs is 1. The molecule has 0 N–H and O–H groups in total. The van der Waals surface area contributed by atoms with Crippen molar-refractivity contribution in [1.82, 2.24) is 9.47 Å². The molecular formula is C20H19N3O3. The molecule has 3 aromatic rings. The molecule has 0 unspecified atom stereocenters. The van der Waals surface area contributed by atoms with Gasteiger partial charge in [-0.05, 0) is 17.7 Å². The number of carbonyl (C=O) groups is 1. The zero-order valence-corrected chi connectivity index (χ0v) is 14.6. The Morgan fingerprint density at radius 1 is 1.15 bits per heavy atom. The molecule has 1 heterocycles. The summed E-state index contributed by atoms with van der Waals surface area (Å²) in [5.74, 6) is 0. The summed E-state index contributed by atoms with van der Waals surface area (Å²) in [6, 6.07) is 14.5. The first-order valence-electron chi connectivity index (χ1n) is 8.15. The summed E-state index contributed by atoms with van der Waals surface area (Å²) >= 11 is 0. The number of hydrogen-bond donors (Lipinski definition) is 0. The average molecular weight is 349 g/mol. The molecule has 0 saturated carbocycles. The summed E-state index contributed by atoms with van der Waals surface area (Å²) in [5, 5.41) is 11.7. The summed E-state index contributed by atoms with van der Waals surface area (Å²) in [6.45, 7) is 0.566. The monoisotopic (exact) mass is 349 g/mol. The molecule has 0 aliphatic carbocycles. The lowest BCUT2D eigenvalue weighted by Gasteiger charge is -2.10. The predicted octanol–water partition coefficient (Wildman–Crippen LogP) is 3.94. The van der Waals surface area contributed by atoms with E-state index < -0.39 is 4.92 Å². The first-order valence-corrected chi connectivity index (χ1v) is 8.15. The molecule has 6 heteroatoms. The second kappa shape index (κ2) is 7.23. The van der Waals surface area contributed by atoms with Crippen LogP contribution >= 0.6 is 0 Å². The molecule has 0 saturated heterocycles. The van der Waals surface area contributed by atoms with E-state index in [1.807, 2.05) is 66.2 Å². The predicted molar refractivity (Wildman–Crippen MR) is 102 cm³/mol. The Kier molecular flexibility index (Phi) is 4.84. The third-order valence-corrected chi connectivity index (χ3v) is 4.17. The number of nitrogens with zero attached hydrogens (tertiary/aromatic N) is 3. The maximum Gasteiger partial charge on any atom is 0.270 e. The van der Waals surface area contributed by atoms with Crippen molar-refractivity contribution in [2.75, 3.05) is 14.1 Å². The number of benzene rings is 2. The highest BCUT2D eigenvalue weighted by molar-refractivity contribution is 6.02. The van der Waals surface area contributed by atoms with Crippen LogP contribution in [-0.2, 0) is 6.54 Å². The van der Waals surface area contributed by atoms with Crippen LogP contribution in [0.1, 0.15) is 21.6 Å². The van der Waals surface area contributed by atoms with E-state index >= 15 is 0 Å². The third-order valence-electron chi connectivity index (χ3n) is 4.17. The van der Waals surface area contributed by atoms with Gasteiger partial charge < -0.3 is 9.47 Å². The molecule has 0 aliphatic rings. The van der Waals surface area contributed by atoms with Gasteiger partial charge in [-0.25, -0.2) is 0 Å². The van der Waals surface area contributed by atoms with Gasteiger partial charge in [0.15, 0.2) is 6.29 Å². The molecule has 0 fully saturated rings. The van der Waals surface area contributed by atoms with E-state index in [1.54, 1.807) is 6.07 Å². The lowest BCUT2D eigenvalue weighted by atomic mass is 10.1. The van der Waals surface area contributed by atoms with Gasteiger partial charge in [0.05, 0.1) is 16.1 Å². The number of nitro groups is 1. The molecule has 0 atom stereocenters. The summed E-state index contributed by atoms with van der Waals surface area (Å²) in [7, 11) is 3.79. The van der Waals surface area contributed by atoms with E-state index in [4.69, 9.17) is 0 Å². The van der Waals surface area contributed by atoms with Crippen molar-refractivity contribution in [2.45, 2.75) is 6.54 Å². The Labute approximate surface area is 151 Å². The molecule has 3 rings (SSSR count). The highest BCUT2D eigenvalue weighted by atomic mass is 16.6. The minimum Gasteiger partial charge on any atom is -0.383 e. The molecule has 26 heavy (non-hydrogen) atoms. The summed E-state index contributed by atoms with van der Waals surface area (Å²) < 4.78 is 2.01. The van der Waals surface area contributed by atoms with Gasteiger partial charge in [-0.3, -0.25) is 14.9 Å². The van der Waals surface area contributed by atoms with Crippen LogP contribution in [0.4, 0.5) is 5.69 Å². The highest BCUT2D eigenvalue weighted by Crippen LogP contribution is 2.30. The van der Waals surface area contributed by atoms with Crippen LogP contribution in [0.3, 0.4) is 0 Å². The molecular weight excluding hydrogens is 330 g/mol. The lowest BCUT2D eigenvalue weighted by Crippen LogP contribution is -2.04. The molecule has 6 nitrogen and oxygen atoms in total. The van der Waals surface area contributed by atoms with E-state index in [2.05, 4.69) is 0 Å². The lowest BCUT2D eigenvalue weighted by molar-refractivity contribution is -0.384. The van der Waals surface area contributed by atoms with E-state index in [0.29, 0.717) is 17.5 Å². The van der Waals surface area contributed by atoms with Gasteiger partial charge in [0, 0.05) is 49.9 Å². The quantitative estimate of drug-likeness (QED) is 0.384. The fourth-order valence-corrected chi connectivity index (χ4v) is 2.96. The molecule has 0 spiro atoms. The minimum absolute atomic E-state index is 0.0272. The summed E-state index contributed by atoms with van der Waals surface area (Å²) in [5.41, 5.74) is 3.03. The molecule has 0 radical (unpaired) electrons. The number of aldehydes is 1. The number of non-ortho nitro benzene ring substituents is 1. The van der Waals surface area contributed by atoms with Crippen LogP contribution in [0.5, 0.6) is 0 Å². The van der Waals surface area contributed by atoms with Gasteiger partial charge in [-0.1, -0.05) is 30.3 Å². The Bertz CT molecular complexity index is 988. The summed E-state index contributed by atoms with van der Waals surface area (Å²) in [6.07, 6.45) is 4.48. The Hall–Kier alpha value is -3.41. The maximum absolute atomic E-state index is 11.8. The van der Waals surface area contributed by atoms with Crippen LogP contribution in [0.25, 0.3) is 17.0 Å². The molecule has 1 aromatic heterocycles. The zero-order valence-electron chi connectivity index (χ0n) is 14.6. The first-order chi connectivity index (χ1) is 12.5. The molecule has 0 amide bonds. The minimum atomic E-state index is -0.447. The van der Waals surface area contributed by atoms with Crippen LogP contribution in [-0.4, -0.2) is 34.8 Å². The maximum atomic E-state index is 11.8. The van der Waals surface area contributed by atoms with E-state index in [1.165, 1.54) is 12.1 Å². The van der Waals surface area contributed by atoms with Crippen LogP contribution < -0.4 is 0 Å².